The Morgan fingerprint density at radius 3 is 2.57 bits per heavy atom. The van der Waals surface area contributed by atoms with E-state index in [2.05, 4.69) is 47.2 Å². The normalized spacial score (nSPS) is 12.5. The molecule has 106 valence electrons. The molecule has 1 aromatic heterocycles. The van der Waals surface area contributed by atoms with Gasteiger partial charge in [0.1, 0.15) is 11.4 Å². The smallest absolute Gasteiger partial charge is 0.117 e. The summed E-state index contributed by atoms with van der Waals surface area (Å²) in [4.78, 5) is 9.85. The predicted octanol–water partition coefficient (Wildman–Crippen LogP) is 4.19. The maximum Gasteiger partial charge on any atom is 0.117 e. The van der Waals surface area contributed by atoms with E-state index in [1.54, 1.807) is 18.1 Å². The number of benzene rings is 2. The van der Waals surface area contributed by atoms with E-state index in [-0.39, 0.29) is 6.04 Å². The first-order valence-corrected chi connectivity index (χ1v) is 7.82. The number of hydrogen-bond donors (Lipinski definition) is 1. The average Bonchev–Trinajstić information content (AvgIpc) is 2.55. The summed E-state index contributed by atoms with van der Waals surface area (Å²) < 4.78 is 0. The second kappa shape index (κ2) is 6.24. The van der Waals surface area contributed by atoms with Gasteiger partial charge in [-0.05, 0) is 30.2 Å². The van der Waals surface area contributed by atoms with Crippen molar-refractivity contribution in [2.24, 2.45) is 5.73 Å². The molecule has 21 heavy (non-hydrogen) atoms. The lowest BCUT2D eigenvalue weighted by molar-refractivity contribution is 0.698. The lowest BCUT2D eigenvalue weighted by Gasteiger charge is -2.10. The third kappa shape index (κ3) is 3.06. The quantitative estimate of drug-likeness (QED) is 0.733. The number of nitrogens with zero attached hydrogens (tertiary/aromatic N) is 2. The lowest BCUT2D eigenvalue weighted by Crippen LogP contribution is -2.07. The zero-order chi connectivity index (χ0) is 14.7. The van der Waals surface area contributed by atoms with E-state index in [1.807, 2.05) is 18.2 Å². The lowest BCUT2D eigenvalue weighted by atomic mass is 10.1. The maximum atomic E-state index is 6.04. The molecule has 0 amide bonds. The van der Waals surface area contributed by atoms with E-state index in [0.29, 0.717) is 0 Å². The van der Waals surface area contributed by atoms with Crippen LogP contribution < -0.4 is 5.73 Å². The van der Waals surface area contributed by atoms with Gasteiger partial charge >= 0.3 is 0 Å². The van der Waals surface area contributed by atoms with E-state index < -0.39 is 0 Å². The van der Waals surface area contributed by atoms with Crippen molar-refractivity contribution in [1.82, 2.24) is 9.97 Å². The standard InChI is InChI=1S/C17H17N3S/c1-2-15(18)12-7-9-13(10-8-12)21-17-14-5-3-4-6-16(14)19-11-20-17/h3-11,15H,2,18H2,1H3. The third-order valence-electron chi connectivity index (χ3n) is 3.47. The van der Waals surface area contributed by atoms with E-state index in [4.69, 9.17) is 5.73 Å². The fraction of sp³-hybridized carbons (Fsp3) is 0.176. The molecule has 0 spiro atoms. The van der Waals surface area contributed by atoms with E-state index >= 15 is 0 Å². The van der Waals surface area contributed by atoms with Crippen LogP contribution in [-0.2, 0) is 0 Å². The summed E-state index contributed by atoms with van der Waals surface area (Å²) in [5.41, 5.74) is 8.19. The Hall–Kier alpha value is -1.91. The predicted molar refractivity (Wildman–Crippen MR) is 87.3 cm³/mol. The Morgan fingerprint density at radius 1 is 1.05 bits per heavy atom. The van der Waals surface area contributed by atoms with Crippen LogP contribution in [0.15, 0.2) is 64.8 Å². The monoisotopic (exact) mass is 295 g/mol. The van der Waals surface area contributed by atoms with Crippen molar-refractivity contribution < 1.29 is 0 Å². The van der Waals surface area contributed by atoms with Crippen LogP contribution in [0.4, 0.5) is 0 Å². The van der Waals surface area contributed by atoms with Gasteiger partial charge in [0, 0.05) is 16.3 Å². The molecule has 0 bridgehead atoms. The van der Waals surface area contributed by atoms with Gasteiger partial charge in [-0.15, -0.1) is 0 Å². The van der Waals surface area contributed by atoms with Gasteiger partial charge in [-0.25, -0.2) is 9.97 Å². The van der Waals surface area contributed by atoms with E-state index in [1.165, 1.54) is 5.56 Å². The summed E-state index contributed by atoms with van der Waals surface area (Å²) >= 11 is 1.65. The van der Waals surface area contributed by atoms with Gasteiger partial charge < -0.3 is 5.73 Å². The minimum Gasteiger partial charge on any atom is -0.324 e. The Kier molecular flexibility index (Phi) is 4.18. The summed E-state index contributed by atoms with van der Waals surface area (Å²) in [5, 5.41) is 2.06. The zero-order valence-electron chi connectivity index (χ0n) is 11.9. The number of nitrogens with two attached hydrogens (primary N) is 1. The Bertz CT molecular complexity index is 735. The molecular weight excluding hydrogens is 278 g/mol. The van der Waals surface area contributed by atoms with Gasteiger partial charge in [-0.2, -0.15) is 0 Å². The first-order chi connectivity index (χ1) is 10.3. The maximum absolute atomic E-state index is 6.04. The van der Waals surface area contributed by atoms with Crippen molar-refractivity contribution in [3.05, 3.63) is 60.4 Å². The fourth-order valence-electron chi connectivity index (χ4n) is 2.19. The van der Waals surface area contributed by atoms with Crippen LogP contribution in [0.25, 0.3) is 10.9 Å². The molecule has 0 aliphatic rings. The van der Waals surface area contributed by atoms with Crippen LogP contribution in [0.1, 0.15) is 24.9 Å². The first kappa shape index (κ1) is 14.0. The molecule has 1 atom stereocenters. The van der Waals surface area contributed by atoms with Crippen LogP contribution in [0.5, 0.6) is 0 Å². The van der Waals surface area contributed by atoms with Crippen LogP contribution in [0, 0.1) is 0 Å². The highest BCUT2D eigenvalue weighted by Crippen LogP contribution is 2.31. The van der Waals surface area contributed by atoms with Crippen molar-refractivity contribution in [1.29, 1.82) is 0 Å². The molecule has 4 heteroatoms. The van der Waals surface area contributed by atoms with Gasteiger partial charge in [0.05, 0.1) is 5.52 Å². The van der Waals surface area contributed by atoms with Gasteiger partial charge in [0.2, 0.25) is 0 Å². The van der Waals surface area contributed by atoms with Crippen molar-refractivity contribution in [3.8, 4) is 0 Å². The van der Waals surface area contributed by atoms with Crippen LogP contribution in [0.2, 0.25) is 0 Å². The Balaban J connectivity index is 1.88. The molecule has 0 radical (unpaired) electrons. The molecule has 3 rings (SSSR count). The highest BCUT2D eigenvalue weighted by atomic mass is 32.2. The molecule has 0 saturated carbocycles. The summed E-state index contributed by atoms with van der Waals surface area (Å²) in [5.74, 6) is 0. The number of aromatic nitrogens is 2. The second-order valence-electron chi connectivity index (χ2n) is 4.88. The minimum atomic E-state index is 0.115. The SMILES string of the molecule is CCC(N)c1ccc(Sc2ncnc3ccccc23)cc1. The zero-order valence-corrected chi connectivity index (χ0v) is 12.7. The van der Waals surface area contributed by atoms with E-state index in [9.17, 15) is 0 Å². The Labute approximate surface area is 128 Å². The molecule has 3 nitrogen and oxygen atoms in total. The van der Waals surface area contributed by atoms with Crippen LogP contribution in [-0.4, -0.2) is 9.97 Å². The molecule has 0 aliphatic heterocycles. The molecule has 2 aromatic carbocycles. The van der Waals surface area contributed by atoms with Gasteiger partial charge in [-0.3, -0.25) is 0 Å². The average molecular weight is 295 g/mol. The van der Waals surface area contributed by atoms with Crippen molar-refractivity contribution in [2.45, 2.75) is 29.3 Å². The topological polar surface area (TPSA) is 51.8 Å². The number of para-hydroxylation sites is 1. The van der Waals surface area contributed by atoms with Crippen molar-refractivity contribution in [3.63, 3.8) is 0 Å². The largest absolute Gasteiger partial charge is 0.324 e. The molecule has 0 aliphatic carbocycles. The summed E-state index contributed by atoms with van der Waals surface area (Å²) in [6.07, 6.45) is 2.56. The highest BCUT2D eigenvalue weighted by Gasteiger charge is 2.07. The van der Waals surface area contributed by atoms with Crippen molar-refractivity contribution >= 4 is 22.7 Å². The van der Waals surface area contributed by atoms with Crippen molar-refractivity contribution in [2.75, 3.05) is 0 Å². The molecule has 2 N–H and O–H groups in total. The Morgan fingerprint density at radius 2 is 1.81 bits per heavy atom. The molecule has 0 saturated heterocycles. The fourth-order valence-corrected chi connectivity index (χ4v) is 3.07. The summed E-state index contributed by atoms with van der Waals surface area (Å²) in [6.45, 7) is 2.10. The number of rotatable bonds is 4. The van der Waals surface area contributed by atoms with Gasteiger partial charge in [0.25, 0.3) is 0 Å². The summed E-state index contributed by atoms with van der Waals surface area (Å²) in [7, 11) is 0. The highest BCUT2D eigenvalue weighted by molar-refractivity contribution is 7.99. The van der Waals surface area contributed by atoms with Gasteiger partial charge in [-0.1, -0.05) is 49.0 Å². The summed E-state index contributed by atoms with van der Waals surface area (Å²) in [6, 6.07) is 16.6. The molecule has 1 unspecified atom stereocenters. The minimum absolute atomic E-state index is 0.115. The second-order valence-corrected chi connectivity index (χ2v) is 5.94. The number of fused-ring (bicyclic) bond motifs is 1. The third-order valence-corrected chi connectivity index (χ3v) is 4.50. The molecule has 1 heterocycles. The van der Waals surface area contributed by atoms with Crippen LogP contribution in [0.3, 0.4) is 0 Å². The van der Waals surface area contributed by atoms with E-state index in [0.717, 1.165) is 27.2 Å². The first-order valence-electron chi connectivity index (χ1n) is 7.01. The van der Waals surface area contributed by atoms with Crippen LogP contribution >= 0.6 is 11.8 Å². The number of hydrogen-bond acceptors (Lipinski definition) is 4. The molecule has 3 aromatic rings. The molecular formula is C17H17N3S. The van der Waals surface area contributed by atoms with Gasteiger partial charge in [0.15, 0.2) is 0 Å². The molecule has 0 fully saturated rings.